The molecule has 1 aliphatic carbocycles. The summed E-state index contributed by atoms with van der Waals surface area (Å²) in [6.07, 6.45) is -6.82. The summed E-state index contributed by atoms with van der Waals surface area (Å²) in [7, 11) is -3.44. The van der Waals surface area contributed by atoms with Gasteiger partial charge in [0.1, 0.15) is 11.6 Å². The zero-order valence-electron chi connectivity index (χ0n) is 19.5. The highest BCUT2D eigenvalue weighted by Crippen LogP contribution is 2.45. The van der Waals surface area contributed by atoms with E-state index in [0.29, 0.717) is 6.07 Å². The zero-order valence-corrected chi connectivity index (χ0v) is 21.1. The summed E-state index contributed by atoms with van der Waals surface area (Å²) in [6, 6.07) is 0.597. The van der Waals surface area contributed by atoms with E-state index in [0.717, 1.165) is 0 Å². The summed E-state index contributed by atoms with van der Waals surface area (Å²) in [6.45, 7) is 2.18. The van der Waals surface area contributed by atoms with Gasteiger partial charge in [0.25, 0.3) is 0 Å². The van der Waals surface area contributed by atoms with Gasteiger partial charge in [-0.3, -0.25) is 9.69 Å². The lowest BCUT2D eigenvalue weighted by molar-refractivity contribution is -0.140. The minimum Gasteiger partial charge on any atom is -0.295 e. The summed E-state index contributed by atoms with van der Waals surface area (Å²) in [5.41, 5.74) is -4.02. The average Bonchev–Trinajstić information content (AvgIpc) is 2.78. The van der Waals surface area contributed by atoms with E-state index in [9.17, 15) is 43.9 Å². The molecule has 1 saturated carbocycles. The molecule has 0 bridgehead atoms. The first-order valence-electron chi connectivity index (χ1n) is 11.3. The summed E-state index contributed by atoms with van der Waals surface area (Å²) < 4.78 is 121. The maximum atomic E-state index is 14.4. The number of Topliss-reactive ketones (excluding diaryl/α,β-unsaturated/α-hetero) is 1. The van der Waals surface area contributed by atoms with Crippen LogP contribution in [0.1, 0.15) is 61.4 Å². The highest BCUT2D eigenvalue weighted by Gasteiger charge is 2.47. The summed E-state index contributed by atoms with van der Waals surface area (Å²) >= 11 is 0. The molecule has 2 aliphatic rings. The van der Waals surface area contributed by atoms with Crippen LogP contribution in [0.15, 0.2) is 12.1 Å². The molecule has 0 unspecified atom stereocenters. The van der Waals surface area contributed by atoms with Gasteiger partial charge in [-0.1, -0.05) is 0 Å². The van der Waals surface area contributed by atoms with Crippen molar-refractivity contribution in [3.8, 4) is 0 Å². The number of carbonyl (C=O) groups excluding carboxylic acids is 1. The molecule has 1 aromatic rings. The van der Waals surface area contributed by atoms with Gasteiger partial charge in [0, 0.05) is 51.0 Å². The van der Waals surface area contributed by atoms with Crippen molar-refractivity contribution in [3.63, 3.8) is 0 Å². The number of hydrogen-bond donors (Lipinski definition) is 0. The van der Waals surface area contributed by atoms with Crippen molar-refractivity contribution in [1.82, 2.24) is 9.21 Å². The predicted octanol–water partition coefficient (Wildman–Crippen LogP) is 5.28. The van der Waals surface area contributed by atoms with Gasteiger partial charge in [0.2, 0.25) is 15.9 Å². The number of piperazine rings is 1. The maximum absolute atomic E-state index is 14.4. The van der Waals surface area contributed by atoms with E-state index < -0.39 is 75.5 Å². The molecule has 1 heterocycles. The topological polar surface area (TPSA) is 57.7 Å². The quantitative estimate of drug-likeness (QED) is 0.332. The molecule has 3 rings (SSSR count). The Bertz CT molecular complexity index is 1050. The molecule has 0 amide bonds. The molecule has 1 aliphatic heterocycles. The minimum atomic E-state index is -5.12. The molecule has 36 heavy (non-hydrogen) atoms. The first kappa shape index (κ1) is 30.8. The molecule has 1 aromatic carbocycles. The van der Waals surface area contributed by atoms with Crippen molar-refractivity contribution in [2.24, 2.45) is 0 Å². The lowest BCUT2D eigenvalue weighted by atomic mass is 9.74. The molecule has 0 aromatic heterocycles. The second kappa shape index (κ2) is 11.1. The fraction of sp³-hybridized carbons (Fsp3) is 0.682. The zero-order chi connectivity index (χ0) is 26.2. The van der Waals surface area contributed by atoms with Crippen LogP contribution in [-0.4, -0.2) is 66.8 Å². The summed E-state index contributed by atoms with van der Waals surface area (Å²) in [4.78, 5) is 14.5. The van der Waals surface area contributed by atoms with Crippen LogP contribution in [0.4, 0.5) is 30.7 Å². The average molecular weight is 569 g/mol. The van der Waals surface area contributed by atoms with Gasteiger partial charge in [0.15, 0.2) is 5.78 Å². The lowest BCUT2D eigenvalue weighted by Gasteiger charge is -2.51. The molecule has 0 atom stereocenters. The smallest absolute Gasteiger partial charge is 0.295 e. The normalized spacial score (nSPS) is 21.1. The third-order valence-electron chi connectivity index (χ3n) is 7.07. The second-order valence-corrected chi connectivity index (χ2v) is 11.3. The van der Waals surface area contributed by atoms with Gasteiger partial charge in [-0.25, -0.2) is 26.0 Å². The maximum Gasteiger partial charge on any atom is 0.419 e. The first-order valence-corrected chi connectivity index (χ1v) is 12.9. The Morgan fingerprint density at radius 3 is 2.06 bits per heavy atom. The van der Waals surface area contributed by atoms with E-state index in [1.807, 2.05) is 4.90 Å². The van der Waals surface area contributed by atoms with E-state index in [1.165, 1.54) is 11.2 Å². The molecule has 5 nitrogen and oxygen atoms in total. The monoisotopic (exact) mass is 568 g/mol. The van der Waals surface area contributed by atoms with Crippen molar-refractivity contribution in [2.75, 3.05) is 31.9 Å². The Kier molecular flexibility index (Phi) is 9.51. The number of benzene rings is 1. The van der Waals surface area contributed by atoms with Crippen LogP contribution in [-0.2, 0) is 16.2 Å². The van der Waals surface area contributed by atoms with Crippen LogP contribution in [0.3, 0.4) is 0 Å². The van der Waals surface area contributed by atoms with Gasteiger partial charge in [-0.2, -0.15) is 17.5 Å². The van der Waals surface area contributed by atoms with Crippen molar-refractivity contribution >= 4 is 28.2 Å². The molecular formula is C22H28ClF7N2O3S. The Hall–Kier alpha value is -1.44. The number of alkyl halides is 5. The number of sulfonamides is 1. The Labute approximate surface area is 211 Å². The number of nitrogens with zero attached hydrogens (tertiary/aromatic N) is 2. The summed E-state index contributed by atoms with van der Waals surface area (Å²) in [5.74, 6) is -7.61. The third-order valence-corrected chi connectivity index (χ3v) is 8.95. The molecule has 14 heteroatoms. The molecule has 0 spiro atoms. The van der Waals surface area contributed by atoms with Crippen molar-refractivity contribution < 1.29 is 43.9 Å². The van der Waals surface area contributed by atoms with E-state index in [4.69, 9.17) is 0 Å². The highest BCUT2D eigenvalue weighted by molar-refractivity contribution is 7.89. The lowest BCUT2D eigenvalue weighted by Crippen LogP contribution is -2.60. The van der Waals surface area contributed by atoms with E-state index in [-0.39, 0.29) is 69.7 Å². The van der Waals surface area contributed by atoms with Crippen molar-refractivity contribution in [2.45, 2.75) is 63.1 Å². The van der Waals surface area contributed by atoms with E-state index in [2.05, 4.69) is 0 Å². The fourth-order valence-electron chi connectivity index (χ4n) is 4.93. The molecule has 206 valence electrons. The molecule has 0 radical (unpaired) electrons. The van der Waals surface area contributed by atoms with Gasteiger partial charge in [0.05, 0.1) is 16.9 Å². The predicted molar refractivity (Wildman–Crippen MR) is 121 cm³/mol. The number of rotatable bonds is 7. The molecular weight excluding hydrogens is 541 g/mol. The number of hydrogen-bond acceptors (Lipinski definition) is 4. The van der Waals surface area contributed by atoms with E-state index in [1.54, 1.807) is 0 Å². The minimum absolute atomic E-state index is 0. The standard InChI is InChI=1S/C22H27F7N2O3S.ClH/c1-2-35(33,34)31-13-11-30(12-14-31)20(7-9-21(25,26)10-8-20)6-5-17(32)18-16(23)4-3-15(19(18)24)22(27,28)29;/h3-4H,2,5-14H2,1H3;1H. The van der Waals surface area contributed by atoms with Crippen LogP contribution < -0.4 is 0 Å². The number of ketones is 1. The van der Waals surface area contributed by atoms with Crippen LogP contribution in [0, 0.1) is 11.6 Å². The Balaban J connectivity index is 0.00000456. The largest absolute Gasteiger partial charge is 0.419 e. The first-order chi connectivity index (χ1) is 16.1. The summed E-state index contributed by atoms with van der Waals surface area (Å²) in [5, 5.41) is 0. The van der Waals surface area contributed by atoms with Gasteiger partial charge < -0.3 is 0 Å². The molecule has 1 saturated heterocycles. The van der Waals surface area contributed by atoms with Crippen LogP contribution >= 0.6 is 12.4 Å². The molecule has 2 fully saturated rings. The van der Waals surface area contributed by atoms with Gasteiger partial charge in [-0.05, 0) is 38.3 Å². The molecule has 0 N–H and O–H groups in total. The van der Waals surface area contributed by atoms with Crippen molar-refractivity contribution in [3.05, 3.63) is 34.9 Å². The van der Waals surface area contributed by atoms with Crippen LogP contribution in [0.5, 0.6) is 0 Å². The van der Waals surface area contributed by atoms with Crippen molar-refractivity contribution in [1.29, 1.82) is 0 Å². The SMILES string of the molecule is CCS(=O)(=O)N1CCN(C2(CCC(=O)c3c(F)ccc(C(F)(F)F)c3F)CCC(F)(F)CC2)CC1.Cl. The fourth-order valence-corrected chi connectivity index (χ4v) is 6.01. The van der Waals surface area contributed by atoms with Crippen LogP contribution in [0.25, 0.3) is 0 Å². The number of carbonyl (C=O) groups is 1. The Morgan fingerprint density at radius 2 is 1.56 bits per heavy atom. The second-order valence-electron chi connectivity index (χ2n) is 9.07. The third kappa shape index (κ3) is 6.51. The van der Waals surface area contributed by atoms with Crippen LogP contribution in [0.2, 0.25) is 0 Å². The highest BCUT2D eigenvalue weighted by atomic mass is 35.5. The Morgan fingerprint density at radius 1 is 1.00 bits per heavy atom. The van der Waals surface area contributed by atoms with Gasteiger partial charge >= 0.3 is 6.18 Å². The van der Waals surface area contributed by atoms with Gasteiger partial charge in [-0.15, -0.1) is 12.4 Å². The van der Waals surface area contributed by atoms with E-state index >= 15 is 0 Å². The number of halogens is 8.